The minimum Gasteiger partial charge on any atom is -0.354 e. The summed E-state index contributed by atoms with van der Waals surface area (Å²) in [6.45, 7) is 4.27. The van der Waals surface area contributed by atoms with Gasteiger partial charge in [0.15, 0.2) is 5.65 Å². The van der Waals surface area contributed by atoms with Gasteiger partial charge >= 0.3 is 0 Å². The topological polar surface area (TPSA) is 58.4 Å². The quantitative estimate of drug-likeness (QED) is 0.721. The van der Waals surface area contributed by atoms with Crippen molar-refractivity contribution in [1.82, 2.24) is 24.5 Å². The molecule has 0 saturated heterocycles. The molecule has 0 saturated carbocycles. The fraction of sp³-hybridized carbons (Fsp3) is 0.588. The lowest BCUT2D eigenvalue weighted by Crippen LogP contribution is -2.17. The molecule has 1 N–H and O–H groups in total. The van der Waals surface area contributed by atoms with Gasteiger partial charge in [-0.05, 0) is 57.8 Å². The van der Waals surface area contributed by atoms with E-state index in [4.69, 9.17) is 4.98 Å². The predicted octanol–water partition coefficient (Wildman–Crippen LogP) is 2.83. The molecule has 3 heterocycles. The molecule has 24 heavy (non-hydrogen) atoms. The van der Waals surface area contributed by atoms with Gasteiger partial charge in [0.05, 0.1) is 5.39 Å². The van der Waals surface area contributed by atoms with E-state index in [0.29, 0.717) is 0 Å². The molecule has 0 radical (unpaired) electrons. The van der Waals surface area contributed by atoms with Crippen LogP contribution in [0.4, 0.5) is 5.95 Å². The third-order valence-electron chi connectivity index (χ3n) is 4.73. The molecular formula is C17H24N6S. The molecule has 0 aliphatic heterocycles. The summed E-state index contributed by atoms with van der Waals surface area (Å²) < 4.78 is 1.87. The van der Waals surface area contributed by atoms with Crippen LogP contribution in [0.3, 0.4) is 0 Å². The lowest BCUT2D eigenvalue weighted by molar-refractivity contribution is 0.405. The highest BCUT2D eigenvalue weighted by molar-refractivity contribution is 7.19. The van der Waals surface area contributed by atoms with E-state index in [-0.39, 0.29) is 0 Å². The first-order chi connectivity index (χ1) is 11.6. The van der Waals surface area contributed by atoms with Crippen LogP contribution >= 0.6 is 11.3 Å². The Kier molecular flexibility index (Phi) is 4.14. The van der Waals surface area contributed by atoms with Crippen molar-refractivity contribution >= 4 is 33.1 Å². The molecule has 0 unspecified atom stereocenters. The third kappa shape index (κ3) is 2.75. The molecule has 0 bridgehead atoms. The van der Waals surface area contributed by atoms with Gasteiger partial charge < -0.3 is 10.2 Å². The molecule has 3 aromatic heterocycles. The monoisotopic (exact) mass is 344 g/mol. The van der Waals surface area contributed by atoms with E-state index >= 15 is 0 Å². The largest absolute Gasteiger partial charge is 0.354 e. The summed E-state index contributed by atoms with van der Waals surface area (Å²) in [7, 11) is 4.19. The van der Waals surface area contributed by atoms with Crippen molar-refractivity contribution < 1.29 is 0 Å². The van der Waals surface area contributed by atoms with Crippen LogP contribution < -0.4 is 5.32 Å². The first-order valence-electron chi connectivity index (χ1n) is 8.66. The summed E-state index contributed by atoms with van der Waals surface area (Å²) >= 11 is 1.84. The lowest BCUT2D eigenvalue weighted by atomic mass is 9.89. The van der Waals surface area contributed by atoms with E-state index in [0.717, 1.165) is 48.3 Å². The average Bonchev–Trinajstić information content (AvgIpc) is 3.14. The van der Waals surface area contributed by atoms with Gasteiger partial charge in [-0.1, -0.05) is 6.92 Å². The van der Waals surface area contributed by atoms with Crippen molar-refractivity contribution in [2.75, 3.05) is 32.5 Å². The number of thiophene rings is 1. The Morgan fingerprint density at radius 2 is 2.29 bits per heavy atom. The molecule has 3 aromatic rings. The highest BCUT2D eigenvalue weighted by Gasteiger charge is 2.24. The van der Waals surface area contributed by atoms with Crippen LogP contribution in [0.15, 0.2) is 6.33 Å². The molecular weight excluding hydrogens is 320 g/mol. The zero-order valence-corrected chi connectivity index (χ0v) is 15.4. The van der Waals surface area contributed by atoms with Crippen LogP contribution in [0.2, 0.25) is 0 Å². The van der Waals surface area contributed by atoms with E-state index in [1.807, 2.05) is 15.9 Å². The molecule has 0 spiro atoms. The molecule has 6 nitrogen and oxygen atoms in total. The normalized spacial score (nSPS) is 17.8. The molecule has 1 aliphatic rings. The highest BCUT2D eigenvalue weighted by atomic mass is 32.1. The van der Waals surface area contributed by atoms with Crippen molar-refractivity contribution in [2.45, 2.75) is 32.6 Å². The number of fused-ring (bicyclic) bond motifs is 5. The lowest BCUT2D eigenvalue weighted by Gasteiger charge is -2.18. The number of aromatic nitrogens is 4. The summed E-state index contributed by atoms with van der Waals surface area (Å²) in [6.07, 6.45) is 6.29. The number of aryl methyl sites for hydroxylation is 1. The maximum atomic E-state index is 4.88. The number of nitrogens with one attached hydrogen (secondary N) is 1. The van der Waals surface area contributed by atoms with E-state index < -0.39 is 0 Å². The second kappa shape index (κ2) is 6.29. The summed E-state index contributed by atoms with van der Waals surface area (Å²) in [4.78, 5) is 14.2. The third-order valence-corrected chi connectivity index (χ3v) is 5.92. The van der Waals surface area contributed by atoms with Crippen LogP contribution in [0.5, 0.6) is 0 Å². The van der Waals surface area contributed by atoms with Crippen molar-refractivity contribution in [3.8, 4) is 0 Å². The number of nitrogens with zero attached hydrogens (tertiary/aromatic N) is 5. The summed E-state index contributed by atoms with van der Waals surface area (Å²) in [5.41, 5.74) is 2.40. The van der Waals surface area contributed by atoms with Gasteiger partial charge in [-0.15, -0.1) is 11.3 Å². The fourth-order valence-corrected chi connectivity index (χ4v) is 4.68. The Bertz CT molecular complexity index is 865. The van der Waals surface area contributed by atoms with Crippen LogP contribution in [0.1, 0.15) is 30.2 Å². The number of hydrogen-bond acceptors (Lipinski definition) is 6. The van der Waals surface area contributed by atoms with Gasteiger partial charge in [0.25, 0.3) is 0 Å². The van der Waals surface area contributed by atoms with Gasteiger partial charge in [-0.25, -0.2) is 9.97 Å². The Morgan fingerprint density at radius 1 is 1.42 bits per heavy atom. The van der Waals surface area contributed by atoms with E-state index in [9.17, 15) is 0 Å². The number of hydrogen-bond donors (Lipinski definition) is 1. The van der Waals surface area contributed by atoms with Gasteiger partial charge in [-0.3, -0.25) is 0 Å². The Morgan fingerprint density at radius 3 is 3.12 bits per heavy atom. The molecule has 128 valence electrons. The summed E-state index contributed by atoms with van der Waals surface area (Å²) in [6, 6.07) is 0. The van der Waals surface area contributed by atoms with Gasteiger partial charge in [0, 0.05) is 11.4 Å². The van der Waals surface area contributed by atoms with Crippen molar-refractivity contribution in [2.24, 2.45) is 5.92 Å². The van der Waals surface area contributed by atoms with Crippen LogP contribution in [0, 0.1) is 5.92 Å². The standard InChI is InChI=1S/C17H24N6S/c1-11-5-6-13-12(9-11)14-15-19-10-20-23(15)17(21-16(14)24-13)18-7-4-8-22(2)3/h10-11H,4-9H2,1-3H3,(H,18,21)/t11-/m1/s1. The van der Waals surface area contributed by atoms with Crippen molar-refractivity contribution in [1.29, 1.82) is 0 Å². The average molecular weight is 344 g/mol. The second-order valence-electron chi connectivity index (χ2n) is 7.05. The molecule has 0 aromatic carbocycles. The molecule has 7 heteroatoms. The van der Waals surface area contributed by atoms with E-state index in [1.165, 1.54) is 28.7 Å². The first kappa shape index (κ1) is 15.8. The zero-order chi connectivity index (χ0) is 16.7. The zero-order valence-electron chi connectivity index (χ0n) is 14.5. The molecule has 0 amide bonds. The summed E-state index contributed by atoms with van der Waals surface area (Å²) in [5.74, 6) is 1.54. The van der Waals surface area contributed by atoms with Crippen molar-refractivity contribution in [3.05, 3.63) is 16.8 Å². The number of anilines is 1. The van der Waals surface area contributed by atoms with Crippen LogP contribution in [-0.2, 0) is 12.8 Å². The molecule has 1 aliphatic carbocycles. The minimum absolute atomic E-state index is 0.738. The second-order valence-corrected chi connectivity index (χ2v) is 8.13. The van der Waals surface area contributed by atoms with E-state index in [2.05, 4.69) is 41.3 Å². The Hall–Kier alpha value is -1.73. The highest BCUT2D eigenvalue weighted by Crippen LogP contribution is 2.39. The molecule has 1 atom stereocenters. The summed E-state index contributed by atoms with van der Waals surface area (Å²) in [5, 5.41) is 9.06. The maximum Gasteiger partial charge on any atom is 0.227 e. The predicted molar refractivity (Wildman–Crippen MR) is 99.0 cm³/mol. The SMILES string of the molecule is C[C@@H]1CCc2sc3nc(NCCCN(C)C)n4ncnc4c3c2C1. The van der Waals surface area contributed by atoms with Crippen molar-refractivity contribution in [3.63, 3.8) is 0 Å². The Labute approximate surface area is 145 Å². The van der Waals surface area contributed by atoms with Gasteiger partial charge in [-0.2, -0.15) is 9.61 Å². The first-order valence-corrected chi connectivity index (χ1v) is 9.47. The van der Waals surface area contributed by atoms with Gasteiger partial charge in [0.2, 0.25) is 5.95 Å². The van der Waals surface area contributed by atoms with E-state index in [1.54, 1.807) is 6.33 Å². The minimum atomic E-state index is 0.738. The molecule has 4 rings (SSSR count). The molecule has 0 fully saturated rings. The van der Waals surface area contributed by atoms with Crippen LogP contribution in [-0.4, -0.2) is 51.7 Å². The maximum absolute atomic E-state index is 4.88. The Balaban J connectivity index is 1.72. The fourth-order valence-electron chi connectivity index (χ4n) is 3.47. The smallest absolute Gasteiger partial charge is 0.227 e. The number of rotatable bonds is 5. The van der Waals surface area contributed by atoms with Gasteiger partial charge in [0.1, 0.15) is 11.2 Å². The van der Waals surface area contributed by atoms with Crippen LogP contribution in [0.25, 0.3) is 15.9 Å².